The monoisotopic (exact) mass is 403 g/mol. The fourth-order valence-corrected chi connectivity index (χ4v) is 3.63. The van der Waals surface area contributed by atoms with Crippen molar-refractivity contribution in [1.29, 1.82) is 0 Å². The molecule has 0 radical (unpaired) electrons. The Labute approximate surface area is 169 Å². The number of pyridine rings is 1. The van der Waals surface area contributed by atoms with Crippen LogP contribution in [0.25, 0.3) is 10.9 Å². The molecular formula is C22H23Cl2NO2. The second-order valence-electron chi connectivity index (χ2n) is 6.74. The minimum atomic E-state index is 0.0629. The maximum absolute atomic E-state index is 12.2. The number of benzene rings is 2. The van der Waals surface area contributed by atoms with E-state index in [1.807, 2.05) is 42.5 Å². The first kappa shape index (κ1) is 19.9. The van der Waals surface area contributed by atoms with E-state index in [-0.39, 0.29) is 11.5 Å². The molecule has 0 amide bonds. The molecule has 0 fully saturated rings. The summed E-state index contributed by atoms with van der Waals surface area (Å²) in [4.78, 5) is 15.6. The van der Waals surface area contributed by atoms with E-state index in [0.29, 0.717) is 10.0 Å². The van der Waals surface area contributed by atoms with Crippen LogP contribution in [0, 0.1) is 0 Å². The molecule has 0 bridgehead atoms. The fourth-order valence-electron chi connectivity index (χ4n) is 3.31. The third kappa shape index (κ3) is 5.35. The molecule has 0 spiro atoms. The van der Waals surface area contributed by atoms with Gasteiger partial charge in [0.05, 0.1) is 16.1 Å². The number of ether oxygens (including phenoxy) is 1. The van der Waals surface area contributed by atoms with Crippen LogP contribution in [0.4, 0.5) is 0 Å². The normalized spacial score (nSPS) is 12.4. The lowest BCUT2D eigenvalue weighted by atomic mass is 10.0. The highest BCUT2D eigenvalue weighted by atomic mass is 35.5. The summed E-state index contributed by atoms with van der Waals surface area (Å²) in [5, 5.41) is 1.91. The molecule has 1 aromatic heterocycles. The lowest BCUT2D eigenvalue weighted by Gasteiger charge is -2.15. The Bertz CT molecular complexity index is 968. The molecule has 142 valence electrons. The Hall–Kier alpha value is -1.81. The Kier molecular flexibility index (Phi) is 6.95. The van der Waals surface area contributed by atoms with Gasteiger partial charge in [0.15, 0.2) is 5.43 Å². The fraction of sp³-hybridized carbons (Fsp3) is 0.318. The number of nitrogens with one attached hydrogen (secondary N) is 1. The number of fused-ring (bicyclic) bond motifs is 1. The lowest BCUT2D eigenvalue weighted by molar-refractivity contribution is 0.0864. The van der Waals surface area contributed by atoms with Crippen molar-refractivity contribution in [2.75, 3.05) is 7.11 Å². The highest BCUT2D eigenvalue weighted by Gasteiger charge is 2.10. The number of para-hydroxylation sites is 1. The van der Waals surface area contributed by atoms with Gasteiger partial charge >= 0.3 is 0 Å². The minimum Gasteiger partial charge on any atom is -0.381 e. The highest BCUT2D eigenvalue weighted by molar-refractivity contribution is 6.42. The van der Waals surface area contributed by atoms with Crippen LogP contribution in [0.3, 0.4) is 0 Å². The third-order valence-electron chi connectivity index (χ3n) is 4.84. The van der Waals surface area contributed by atoms with Gasteiger partial charge in [-0.3, -0.25) is 4.79 Å². The van der Waals surface area contributed by atoms with Gasteiger partial charge in [0.1, 0.15) is 0 Å². The molecule has 3 aromatic rings. The van der Waals surface area contributed by atoms with Crippen molar-refractivity contribution in [1.82, 2.24) is 4.98 Å². The topological polar surface area (TPSA) is 42.1 Å². The summed E-state index contributed by atoms with van der Waals surface area (Å²) in [6.45, 7) is 0. The summed E-state index contributed by atoms with van der Waals surface area (Å²) >= 11 is 12.0. The predicted octanol–water partition coefficient (Wildman–Crippen LogP) is 5.81. The smallest absolute Gasteiger partial charge is 0.189 e. The van der Waals surface area contributed by atoms with Crippen LogP contribution < -0.4 is 5.43 Å². The number of methoxy groups -OCH3 is 1. The first-order chi connectivity index (χ1) is 13.1. The van der Waals surface area contributed by atoms with Crippen molar-refractivity contribution in [3.05, 3.63) is 80.1 Å². The summed E-state index contributed by atoms with van der Waals surface area (Å²) in [6.07, 6.45) is 4.70. The largest absolute Gasteiger partial charge is 0.381 e. The summed E-state index contributed by atoms with van der Waals surface area (Å²) in [5.74, 6) is 0. The molecule has 0 saturated carbocycles. The summed E-state index contributed by atoms with van der Waals surface area (Å²) in [7, 11) is 1.74. The van der Waals surface area contributed by atoms with E-state index in [1.165, 1.54) is 5.56 Å². The quantitative estimate of drug-likeness (QED) is 0.515. The Morgan fingerprint density at radius 2 is 1.81 bits per heavy atom. The van der Waals surface area contributed by atoms with E-state index >= 15 is 0 Å². The van der Waals surface area contributed by atoms with E-state index < -0.39 is 0 Å². The zero-order valence-corrected chi connectivity index (χ0v) is 16.8. The molecule has 2 aromatic carbocycles. The van der Waals surface area contributed by atoms with Gasteiger partial charge in [-0.1, -0.05) is 41.4 Å². The molecule has 1 N–H and O–H groups in total. The first-order valence-corrected chi connectivity index (χ1v) is 9.90. The van der Waals surface area contributed by atoms with E-state index in [0.717, 1.165) is 48.7 Å². The summed E-state index contributed by atoms with van der Waals surface area (Å²) in [5.41, 5.74) is 3.07. The van der Waals surface area contributed by atoms with Gasteiger partial charge in [-0.15, -0.1) is 0 Å². The summed E-state index contributed by atoms with van der Waals surface area (Å²) in [6, 6.07) is 15.1. The summed E-state index contributed by atoms with van der Waals surface area (Å²) < 4.78 is 5.63. The maximum Gasteiger partial charge on any atom is 0.189 e. The lowest BCUT2D eigenvalue weighted by Crippen LogP contribution is -2.14. The number of hydrogen-bond donors (Lipinski definition) is 1. The highest BCUT2D eigenvalue weighted by Crippen LogP contribution is 2.23. The Balaban J connectivity index is 1.54. The van der Waals surface area contributed by atoms with Gasteiger partial charge < -0.3 is 9.72 Å². The van der Waals surface area contributed by atoms with Crippen LogP contribution in [-0.2, 0) is 17.6 Å². The van der Waals surface area contributed by atoms with Gasteiger partial charge in [0.25, 0.3) is 0 Å². The van der Waals surface area contributed by atoms with E-state index in [1.54, 1.807) is 13.2 Å². The standard InChI is InChI=1S/C22H23Cl2NO2/c1-27-17(6-4-5-15-9-12-19(23)20(24)13-15)11-10-16-14-22(26)18-7-2-3-8-21(18)25-16/h2-3,7-9,12-14,17H,4-6,10-11H2,1H3,(H,25,26)/t17-/m0/s1. The number of hydrogen-bond acceptors (Lipinski definition) is 2. The maximum atomic E-state index is 12.2. The van der Waals surface area contributed by atoms with Crippen LogP contribution in [0.2, 0.25) is 10.0 Å². The SMILES string of the molecule is CO[C@@H](CCCc1ccc(Cl)c(Cl)c1)CCc1cc(=O)c2ccccc2[nH]1. The van der Waals surface area contributed by atoms with Crippen molar-refractivity contribution in [3.63, 3.8) is 0 Å². The molecule has 3 rings (SSSR count). The van der Waals surface area contributed by atoms with Crippen LogP contribution >= 0.6 is 23.2 Å². The van der Waals surface area contributed by atoms with Crippen molar-refractivity contribution in [2.45, 2.75) is 38.2 Å². The second-order valence-corrected chi connectivity index (χ2v) is 7.56. The molecular weight excluding hydrogens is 381 g/mol. The molecule has 1 atom stereocenters. The van der Waals surface area contributed by atoms with E-state index in [9.17, 15) is 4.79 Å². The molecule has 1 heterocycles. The van der Waals surface area contributed by atoms with Crippen molar-refractivity contribution in [2.24, 2.45) is 0 Å². The number of aromatic nitrogens is 1. The van der Waals surface area contributed by atoms with Gasteiger partial charge in [-0.2, -0.15) is 0 Å². The molecule has 0 saturated heterocycles. The third-order valence-corrected chi connectivity index (χ3v) is 5.58. The van der Waals surface area contributed by atoms with Crippen molar-refractivity contribution < 1.29 is 4.74 Å². The average Bonchev–Trinajstić information content (AvgIpc) is 2.67. The van der Waals surface area contributed by atoms with Crippen LogP contribution in [0.1, 0.15) is 30.5 Å². The van der Waals surface area contributed by atoms with Gasteiger partial charge in [0, 0.05) is 29.8 Å². The molecule has 5 heteroatoms. The molecule has 3 nitrogen and oxygen atoms in total. The second kappa shape index (κ2) is 9.41. The number of H-pyrrole nitrogens is 1. The number of rotatable bonds is 8. The van der Waals surface area contributed by atoms with Gasteiger partial charge in [0.2, 0.25) is 0 Å². The zero-order valence-electron chi connectivity index (χ0n) is 15.3. The van der Waals surface area contributed by atoms with Crippen molar-refractivity contribution in [3.8, 4) is 0 Å². The van der Waals surface area contributed by atoms with Gasteiger partial charge in [-0.25, -0.2) is 0 Å². The number of halogens is 2. The predicted molar refractivity (Wildman–Crippen MR) is 113 cm³/mol. The van der Waals surface area contributed by atoms with Crippen molar-refractivity contribution >= 4 is 34.1 Å². The van der Waals surface area contributed by atoms with Gasteiger partial charge in [-0.05, 0) is 61.9 Å². The number of aryl methyl sites for hydroxylation is 2. The van der Waals surface area contributed by atoms with Crippen LogP contribution in [0.5, 0.6) is 0 Å². The molecule has 0 aliphatic carbocycles. The minimum absolute atomic E-state index is 0.0629. The zero-order chi connectivity index (χ0) is 19.2. The van der Waals surface area contributed by atoms with Crippen LogP contribution in [0.15, 0.2) is 53.3 Å². The first-order valence-electron chi connectivity index (χ1n) is 9.14. The molecule has 0 unspecified atom stereocenters. The number of aromatic amines is 1. The molecule has 0 aliphatic heterocycles. The van der Waals surface area contributed by atoms with E-state index in [2.05, 4.69) is 4.98 Å². The van der Waals surface area contributed by atoms with Crippen LogP contribution in [-0.4, -0.2) is 18.2 Å². The Morgan fingerprint density at radius 3 is 2.59 bits per heavy atom. The Morgan fingerprint density at radius 1 is 1.00 bits per heavy atom. The average molecular weight is 404 g/mol. The molecule has 0 aliphatic rings. The molecule has 27 heavy (non-hydrogen) atoms. The van der Waals surface area contributed by atoms with E-state index in [4.69, 9.17) is 27.9 Å².